The number of nitrogens with zero attached hydrogens (tertiary/aromatic N) is 1. The van der Waals surface area contributed by atoms with Crippen molar-refractivity contribution in [1.29, 1.82) is 0 Å². The summed E-state index contributed by atoms with van der Waals surface area (Å²) >= 11 is 0. The Kier molecular flexibility index (Phi) is 6.99. The van der Waals surface area contributed by atoms with E-state index in [1.54, 1.807) is 6.08 Å². The molecular formula is C21H24F3N3O4. The Morgan fingerprint density at radius 1 is 1.13 bits per heavy atom. The molecule has 0 aromatic heterocycles. The molecule has 2 aliphatic heterocycles. The summed E-state index contributed by atoms with van der Waals surface area (Å²) in [5.41, 5.74) is 2.45. The van der Waals surface area contributed by atoms with Crippen LogP contribution in [0.15, 0.2) is 36.4 Å². The summed E-state index contributed by atoms with van der Waals surface area (Å²) in [6.07, 6.45) is 1.59. The number of benzene rings is 1. The van der Waals surface area contributed by atoms with Crippen molar-refractivity contribution in [3.63, 3.8) is 0 Å². The van der Waals surface area contributed by atoms with Crippen molar-refractivity contribution in [2.24, 2.45) is 5.92 Å². The molecule has 1 aromatic carbocycles. The molecule has 3 aliphatic rings. The maximum atomic E-state index is 12.5. The summed E-state index contributed by atoms with van der Waals surface area (Å²) in [4.78, 5) is 35.3. The molecule has 7 nitrogen and oxygen atoms in total. The fourth-order valence-corrected chi connectivity index (χ4v) is 3.34. The quantitative estimate of drug-likeness (QED) is 0.610. The van der Waals surface area contributed by atoms with Crippen LogP contribution in [0.3, 0.4) is 0 Å². The van der Waals surface area contributed by atoms with Crippen molar-refractivity contribution in [2.45, 2.75) is 50.6 Å². The Morgan fingerprint density at radius 2 is 1.68 bits per heavy atom. The number of carbonyl (C=O) groups is 3. The number of carbonyl (C=O) groups excluding carboxylic acids is 2. The summed E-state index contributed by atoms with van der Waals surface area (Å²) in [6, 6.07) is 8.10. The summed E-state index contributed by atoms with van der Waals surface area (Å²) in [7, 11) is 0. The Balaban J connectivity index is 0.000000339. The number of alkyl halides is 3. The SMILES string of the molecule is O=C(N[C@H](/C=C/C(=O)N1Cc2ccccc2C1)C1CC1)[C@@H]1CCN1.O=C(O)C(F)(F)F. The van der Waals surface area contributed by atoms with E-state index < -0.39 is 12.1 Å². The first-order valence-electron chi connectivity index (χ1n) is 10.0. The van der Waals surface area contributed by atoms with Gasteiger partial charge in [0.25, 0.3) is 0 Å². The van der Waals surface area contributed by atoms with Crippen molar-refractivity contribution < 1.29 is 32.7 Å². The van der Waals surface area contributed by atoms with Crippen LogP contribution in [0.2, 0.25) is 0 Å². The van der Waals surface area contributed by atoms with E-state index in [4.69, 9.17) is 9.90 Å². The highest BCUT2D eigenvalue weighted by Crippen LogP contribution is 2.33. The molecule has 1 saturated heterocycles. The van der Waals surface area contributed by atoms with E-state index in [0.717, 1.165) is 25.8 Å². The van der Waals surface area contributed by atoms with Gasteiger partial charge in [-0.2, -0.15) is 13.2 Å². The molecule has 1 saturated carbocycles. The zero-order chi connectivity index (χ0) is 22.6. The maximum absolute atomic E-state index is 12.5. The number of carboxylic acid groups (broad SMARTS) is 1. The van der Waals surface area contributed by atoms with Gasteiger partial charge in [-0.25, -0.2) is 4.79 Å². The molecule has 10 heteroatoms. The molecule has 1 aromatic rings. The summed E-state index contributed by atoms with van der Waals surface area (Å²) in [5, 5.41) is 13.3. The minimum absolute atomic E-state index is 0.0196. The van der Waals surface area contributed by atoms with Crippen molar-refractivity contribution in [3.8, 4) is 0 Å². The fourth-order valence-electron chi connectivity index (χ4n) is 3.34. The van der Waals surface area contributed by atoms with Gasteiger partial charge in [-0.15, -0.1) is 0 Å². The van der Waals surface area contributed by atoms with Crippen LogP contribution in [-0.4, -0.2) is 52.6 Å². The molecule has 0 radical (unpaired) electrons. The topological polar surface area (TPSA) is 98.7 Å². The number of carboxylic acids is 1. The molecule has 2 amide bonds. The summed E-state index contributed by atoms with van der Waals surface area (Å²) in [6.45, 7) is 2.26. The number of hydrogen-bond donors (Lipinski definition) is 3. The second-order valence-corrected chi connectivity index (χ2v) is 7.79. The number of halogens is 3. The minimum Gasteiger partial charge on any atom is -0.475 e. The third kappa shape index (κ3) is 6.30. The van der Waals surface area contributed by atoms with Gasteiger partial charge in [-0.3, -0.25) is 9.59 Å². The number of nitrogens with one attached hydrogen (secondary N) is 2. The average Bonchev–Trinajstić information content (AvgIpc) is 3.41. The predicted molar refractivity (Wildman–Crippen MR) is 105 cm³/mol. The molecule has 2 heterocycles. The van der Waals surface area contributed by atoms with Crippen LogP contribution in [0, 0.1) is 5.92 Å². The third-order valence-electron chi connectivity index (χ3n) is 5.42. The van der Waals surface area contributed by atoms with Gasteiger partial charge in [0.15, 0.2) is 0 Å². The average molecular weight is 439 g/mol. The van der Waals surface area contributed by atoms with Crippen molar-refractivity contribution in [1.82, 2.24) is 15.5 Å². The third-order valence-corrected chi connectivity index (χ3v) is 5.42. The second kappa shape index (κ2) is 9.51. The molecule has 2 atom stereocenters. The smallest absolute Gasteiger partial charge is 0.475 e. The van der Waals surface area contributed by atoms with E-state index in [-0.39, 0.29) is 23.9 Å². The van der Waals surface area contributed by atoms with E-state index >= 15 is 0 Å². The zero-order valence-corrected chi connectivity index (χ0v) is 16.7. The molecule has 168 valence electrons. The lowest BCUT2D eigenvalue weighted by atomic mass is 10.1. The molecule has 4 rings (SSSR count). The molecule has 31 heavy (non-hydrogen) atoms. The standard InChI is InChI=1S/C19H23N3O2.C2HF3O2/c23-18(22-11-14-3-1-2-4-15(14)12-22)8-7-16(13-5-6-13)21-19(24)17-9-10-20-17;3-2(4,5)1(6)7/h1-4,7-8,13,16-17,20H,5-6,9-12H2,(H,21,24);(H,6,7)/b8-7+;/t16-,17+;/m1./s1. The van der Waals surface area contributed by atoms with Crippen LogP contribution in [0.4, 0.5) is 13.2 Å². The number of aliphatic carboxylic acids is 1. The molecule has 0 unspecified atom stereocenters. The van der Waals surface area contributed by atoms with Gasteiger partial charge in [-0.1, -0.05) is 30.3 Å². The van der Waals surface area contributed by atoms with Crippen molar-refractivity contribution in [3.05, 3.63) is 47.5 Å². The van der Waals surface area contributed by atoms with Gasteiger partial charge in [0.2, 0.25) is 11.8 Å². The molecule has 3 N–H and O–H groups in total. The highest BCUT2D eigenvalue weighted by molar-refractivity contribution is 5.88. The summed E-state index contributed by atoms with van der Waals surface area (Å²) < 4.78 is 31.7. The maximum Gasteiger partial charge on any atom is 0.490 e. The van der Waals surface area contributed by atoms with E-state index in [1.165, 1.54) is 11.1 Å². The Bertz CT molecular complexity index is 839. The second-order valence-electron chi connectivity index (χ2n) is 7.79. The van der Waals surface area contributed by atoms with Crippen LogP contribution >= 0.6 is 0 Å². The van der Waals surface area contributed by atoms with Gasteiger partial charge in [-0.05, 0) is 42.9 Å². The van der Waals surface area contributed by atoms with Crippen molar-refractivity contribution >= 4 is 17.8 Å². The highest BCUT2D eigenvalue weighted by Gasteiger charge is 2.38. The first-order chi connectivity index (χ1) is 14.6. The Morgan fingerprint density at radius 3 is 2.10 bits per heavy atom. The minimum atomic E-state index is -5.08. The van der Waals surface area contributed by atoms with Crippen molar-refractivity contribution in [2.75, 3.05) is 6.54 Å². The van der Waals surface area contributed by atoms with Gasteiger partial charge in [0.05, 0.1) is 12.1 Å². The Hall–Kier alpha value is -2.88. The largest absolute Gasteiger partial charge is 0.490 e. The van der Waals surface area contributed by atoms with E-state index in [2.05, 4.69) is 22.8 Å². The van der Waals surface area contributed by atoms with Gasteiger partial charge < -0.3 is 20.6 Å². The molecule has 1 aliphatic carbocycles. The normalized spacial score (nSPS) is 20.9. The molecule has 0 bridgehead atoms. The monoisotopic (exact) mass is 439 g/mol. The van der Waals surface area contributed by atoms with E-state index in [9.17, 15) is 22.8 Å². The first kappa shape index (κ1) is 22.8. The first-order valence-corrected chi connectivity index (χ1v) is 10.0. The molecule has 0 spiro atoms. The molecule has 2 fully saturated rings. The summed E-state index contributed by atoms with van der Waals surface area (Å²) in [5.74, 6) is -2.20. The number of hydrogen-bond acceptors (Lipinski definition) is 4. The van der Waals surface area contributed by atoms with E-state index in [1.807, 2.05) is 23.1 Å². The van der Waals surface area contributed by atoms with E-state index in [0.29, 0.717) is 19.0 Å². The van der Waals surface area contributed by atoms with Crippen LogP contribution in [0.25, 0.3) is 0 Å². The lowest BCUT2D eigenvalue weighted by molar-refractivity contribution is -0.192. The van der Waals surface area contributed by atoms with Crippen LogP contribution in [0.1, 0.15) is 30.4 Å². The van der Waals surface area contributed by atoms with Gasteiger partial charge in [0, 0.05) is 19.2 Å². The molecular weight excluding hydrogens is 415 g/mol. The lowest BCUT2D eigenvalue weighted by Gasteiger charge is -2.28. The number of fused-ring (bicyclic) bond motifs is 1. The van der Waals surface area contributed by atoms with Crippen LogP contribution < -0.4 is 10.6 Å². The van der Waals surface area contributed by atoms with Gasteiger partial charge >= 0.3 is 12.1 Å². The predicted octanol–water partition coefficient (Wildman–Crippen LogP) is 1.97. The van der Waals surface area contributed by atoms with Crippen LogP contribution in [0.5, 0.6) is 0 Å². The zero-order valence-electron chi connectivity index (χ0n) is 16.7. The van der Waals surface area contributed by atoms with Crippen LogP contribution in [-0.2, 0) is 27.5 Å². The highest BCUT2D eigenvalue weighted by atomic mass is 19.4. The lowest BCUT2D eigenvalue weighted by Crippen LogP contribution is -2.55. The number of rotatable bonds is 5. The van der Waals surface area contributed by atoms with Gasteiger partial charge in [0.1, 0.15) is 0 Å². The Labute approximate surface area is 177 Å². The number of amides is 2. The fraction of sp³-hybridized carbons (Fsp3) is 0.476.